The van der Waals surface area contributed by atoms with Gasteiger partial charge in [-0.3, -0.25) is 0 Å². The Morgan fingerprint density at radius 2 is 1.86 bits per heavy atom. The highest BCUT2D eigenvalue weighted by atomic mass is 79.9. The van der Waals surface area contributed by atoms with Crippen LogP contribution in [0.25, 0.3) is 0 Å². The number of aromatic carboxylic acids is 1. The fourth-order valence-electron chi connectivity index (χ4n) is 1.61. The molecule has 3 nitrogen and oxygen atoms in total. The summed E-state index contributed by atoms with van der Waals surface area (Å²) in [6.07, 6.45) is 0. The summed E-state index contributed by atoms with van der Waals surface area (Å²) in [6, 6.07) is 6.38. The summed E-state index contributed by atoms with van der Waals surface area (Å²) in [5.41, 5.74) is 0.0556. The van der Waals surface area contributed by atoms with Gasteiger partial charge in [-0.1, -0.05) is 33.6 Å². The first-order valence-corrected chi connectivity index (χ1v) is 6.84. The van der Waals surface area contributed by atoms with Gasteiger partial charge in [0.1, 0.15) is 6.61 Å². The molecule has 1 N–H and O–H groups in total. The molecule has 0 amide bonds. The zero-order valence-corrected chi connectivity index (χ0v) is 12.7. The fraction of sp³-hybridized carbons (Fsp3) is 0.0714. The molecule has 0 radical (unpaired) electrons. The molecule has 0 fully saturated rings. The van der Waals surface area contributed by atoms with Gasteiger partial charge in [-0.25, -0.2) is 13.6 Å². The zero-order chi connectivity index (χ0) is 15.6. The van der Waals surface area contributed by atoms with Crippen LogP contribution < -0.4 is 4.74 Å². The van der Waals surface area contributed by atoms with Crippen molar-refractivity contribution in [3.8, 4) is 5.75 Å². The molecule has 7 heteroatoms. The van der Waals surface area contributed by atoms with Crippen LogP contribution in [0.5, 0.6) is 5.75 Å². The lowest BCUT2D eigenvalue weighted by Gasteiger charge is -2.10. The summed E-state index contributed by atoms with van der Waals surface area (Å²) in [4.78, 5) is 10.7. The van der Waals surface area contributed by atoms with E-state index in [2.05, 4.69) is 15.9 Å². The van der Waals surface area contributed by atoms with Crippen molar-refractivity contribution in [3.63, 3.8) is 0 Å². The number of carboxylic acid groups (broad SMARTS) is 1. The fourth-order valence-corrected chi connectivity index (χ4v) is 2.34. The van der Waals surface area contributed by atoms with Crippen molar-refractivity contribution in [1.29, 1.82) is 0 Å². The van der Waals surface area contributed by atoms with Crippen molar-refractivity contribution in [2.24, 2.45) is 0 Å². The van der Waals surface area contributed by atoms with E-state index >= 15 is 0 Å². The summed E-state index contributed by atoms with van der Waals surface area (Å²) in [7, 11) is 0. The Balaban J connectivity index is 2.22. The molecule has 2 rings (SSSR count). The Morgan fingerprint density at radius 3 is 2.38 bits per heavy atom. The van der Waals surface area contributed by atoms with Crippen LogP contribution in [0.1, 0.15) is 15.9 Å². The minimum absolute atomic E-state index is 0.146. The molecule has 0 saturated carbocycles. The third kappa shape index (κ3) is 3.71. The molecule has 0 unspecified atom stereocenters. The van der Waals surface area contributed by atoms with Crippen molar-refractivity contribution in [2.45, 2.75) is 6.61 Å². The average molecular weight is 378 g/mol. The lowest BCUT2D eigenvalue weighted by molar-refractivity contribution is 0.0695. The maximum absolute atomic E-state index is 13.7. The summed E-state index contributed by atoms with van der Waals surface area (Å²) < 4.78 is 33.2. The van der Waals surface area contributed by atoms with Gasteiger partial charge in [0.2, 0.25) is 0 Å². The first-order chi connectivity index (χ1) is 9.88. The lowest BCUT2D eigenvalue weighted by Crippen LogP contribution is -2.04. The van der Waals surface area contributed by atoms with Crippen molar-refractivity contribution >= 4 is 33.5 Å². The number of hydrogen-bond donors (Lipinski definition) is 1. The molecule has 0 aliphatic rings. The number of ether oxygens (including phenoxy) is 1. The predicted octanol–water partition coefficient (Wildman–Crippen LogP) is 4.66. The molecule has 0 aromatic heterocycles. The van der Waals surface area contributed by atoms with E-state index in [-0.39, 0.29) is 6.61 Å². The minimum Gasteiger partial charge on any atom is -0.483 e. The molecular weight excluding hydrogens is 370 g/mol. The Hall–Kier alpha value is -1.66. The Kier molecular flexibility index (Phi) is 4.80. The molecule has 0 saturated heterocycles. The second-order valence-corrected chi connectivity index (χ2v) is 5.42. The number of benzene rings is 2. The van der Waals surface area contributed by atoms with Crippen LogP contribution in [0.2, 0.25) is 5.02 Å². The van der Waals surface area contributed by atoms with Crippen molar-refractivity contribution in [2.75, 3.05) is 0 Å². The highest BCUT2D eigenvalue weighted by Crippen LogP contribution is 2.27. The molecule has 2 aromatic carbocycles. The standard InChI is InChI=1S/C14H8BrClF2O3/c15-9-2-1-7(10(16)5-9)6-21-13-11(17)3-8(14(19)20)4-12(13)18/h1-5H,6H2,(H,19,20). The highest BCUT2D eigenvalue weighted by Gasteiger charge is 2.16. The van der Waals surface area contributed by atoms with Crippen LogP contribution in [0.15, 0.2) is 34.8 Å². The topological polar surface area (TPSA) is 46.5 Å². The number of rotatable bonds is 4. The molecule has 0 aliphatic carbocycles. The van der Waals surface area contributed by atoms with Gasteiger partial charge in [0.15, 0.2) is 17.4 Å². The molecule has 0 atom stereocenters. The van der Waals surface area contributed by atoms with E-state index in [4.69, 9.17) is 21.4 Å². The monoisotopic (exact) mass is 376 g/mol. The highest BCUT2D eigenvalue weighted by molar-refractivity contribution is 9.10. The third-order valence-electron chi connectivity index (χ3n) is 2.63. The molecule has 110 valence electrons. The average Bonchev–Trinajstić information content (AvgIpc) is 2.39. The summed E-state index contributed by atoms with van der Waals surface area (Å²) in [5.74, 6) is -4.23. The maximum Gasteiger partial charge on any atom is 0.335 e. The normalized spacial score (nSPS) is 10.5. The number of halogens is 4. The van der Waals surface area contributed by atoms with Crippen LogP contribution in [0.3, 0.4) is 0 Å². The quantitative estimate of drug-likeness (QED) is 0.843. The lowest BCUT2D eigenvalue weighted by atomic mass is 10.2. The van der Waals surface area contributed by atoms with E-state index < -0.39 is 28.9 Å². The van der Waals surface area contributed by atoms with Crippen LogP contribution in [-0.2, 0) is 6.61 Å². The van der Waals surface area contributed by atoms with Crippen LogP contribution in [-0.4, -0.2) is 11.1 Å². The van der Waals surface area contributed by atoms with Crippen molar-refractivity contribution in [3.05, 3.63) is 62.6 Å². The molecule has 0 spiro atoms. The second-order valence-electron chi connectivity index (χ2n) is 4.10. The number of hydrogen-bond acceptors (Lipinski definition) is 2. The van der Waals surface area contributed by atoms with Crippen LogP contribution in [0, 0.1) is 11.6 Å². The van der Waals surface area contributed by atoms with E-state index in [1.165, 1.54) is 0 Å². The van der Waals surface area contributed by atoms with Gasteiger partial charge < -0.3 is 9.84 Å². The largest absolute Gasteiger partial charge is 0.483 e. The summed E-state index contributed by atoms with van der Waals surface area (Å²) in [5, 5.41) is 9.08. The molecule has 0 aliphatic heterocycles. The smallest absolute Gasteiger partial charge is 0.335 e. The molecular formula is C14H8BrClF2O3. The summed E-state index contributed by atoms with van der Waals surface area (Å²) >= 11 is 9.20. The molecule has 0 bridgehead atoms. The van der Waals surface area contributed by atoms with Gasteiger partial charge in [-0.2, -0.15) is 0 Å². The van der Waals surface area contributed by atoms with E-state index in [0.29, 0.717) is 22.7 Å². The number of carbonyl (C=O) groups is 1. The van der Waals surface area contributed by atoms with Gasteiger partial charge >= 0.3 is 5.97 Å². The second kappa shape index (κ2) is 6.41. The first-order valence-electron chi connectivity index (χ1n) is 5.67. The van der Waals surface area contributed by atoms with Gasteiger partial charge in [0, 0.05) is 15.1 Å². The van der Waals surface area contributed by atoms with Crippen LogP contribution >= 0.6 is 27.5 Å². The zero-order valence-electron chi connectivity index (χ0n) is 10.4. The van der Waals surface area contributed by atoms with Gasteiger partial charge in [0.05, 0.1) is 5.56 Å². The SMILES string of the molecule is O=C(O)c1cc(F)c(OCc2ccc(Br)cc2Cl)c(F)c1. The summed E-state index contributed by atoms with van der Waals surface area (Å²) in [6.45, 7) is -0.146. The van der Waals surface area contributed by atoms with Crippen LogP contribution in [0.4, 0.5) is 8.78 Å². The number of carboxylic acids is 1. The van der Waals surface area contributed by atoms with E-state index in [1.807, 2.05) is 0 Å². The van der Waals surface area contributed by atoms with Gasteiger partial charge in [0.25, 0.3) is 0 Å². The Morgan fingerprint density at radius 1 is 1.24 bits per heavy atom. The minimum atomic E-state index is -1.42. The Labute approximate surface area is 132 Å². The molecule has 2 aromatic rings. The maximum atomic E-state index is 13.7. The van der Waals surface area contributed by atoms with Gasteiger partial charge in [-0.05, 0) is 24.3 Å². The predicted molar refractivity (Wildman–Crippen MR) is 76.8 cm³/mol. The first kappa shape index (κ1) is 15.7. The Bertz CT molecular complexity index is 684. The van der Waals surface area contributed by atoms with Crippen molar-refractivity contribution in [1.82, 2.24) is 0 Å². The van der Waals surface area contributed by atoms with E-state index in [1.54, 1.807) is 18.2 Å². The van der Waals surface area contributed by atoms with E-state index in [9.17, 15) is 13.6 Å². The molecule has 21 heavy (non-hydrogen) atoms. The van der Waals surface area contributed by atoms with Crippen molar-refractivity contribution < 1.29 is 23.4 Å². The third-order valence-corrected chi connectivity index (χ3v) is 3.48. The van der Waals surface area contributed by atoms with E-state index in [0.717, 1.165) is 4.47 Å². The van der Waals surface area contributed by atoms with Gasteiger partial charge in [-0.15, -0.1) is 0 Å². The molecule has 0 heterocycles.